The normalized spacial score (nSPS) is 11.9. The maximum Gasteiger partial charge on any atom is 0.243 e. The van der Waals surface area contributed by atoms with E-state index in [1.807, 2.05) is 74.5 Å². The first kappa shape index (κ1) is 31.7. The van der Waals surface area contributed by atoms with Gasteiger partial charge in [0.15, 0.2) is 0 Å². The fraction of sp³-hybridized carbons (Fsp3) is 0.375. The van der Waals surface area contributed by atoms with Crippen molar-refractivity contribution < 1.29 is 22.7 Å². The lowest BCUT2D eigenvalue weighted by Crippen LogP contribution is -2.50. The van der Waals surface area contributed by atoms with E-state index in [-0.39, 0.29) is 37.7 Å². The lowest BCUT2D eigenvalue weighted by atomic mass is 10.0. The molecule has 220 valence electrons. The average molecular weight is 580 g/mol. The van der Waals surface area contributed by atoms with Gasteiger partial charge in [0, 0.05) is 32.5 Å². The molecule has 8 nitrogen and oxygen atoms in total. The van der Waals surface area contributed by atoms with Crippen LogP contribution in [0.4, 0.5) is 5.69 Å². The molecule has 0 aliphatic heterocycles. The van der Waals surface area contributed by atoms with Crippen LogP contribution in [0.5, 0.6) is 5.75 Å². The van der Waals surface area contributed by atoms with Gasteiger partial charge in [-0.3, -0.25) is 13.9 Å². The van der Waals surface area contributed by atoms with Crippen LogP contribution >= 0.6 is 0 Å². The van der Waals surface area contributed by atoms with Crippen LogP contribution in [0.25, 0.3) is 0 Å². The van der Waals surface area contributed by atoms with Crippen LogP contribution < -0.4 is 14.4 Å². The van der Waals surface area contributed by atoms with Crippen LogP contribution in [-0.2, 0) is 32.6 Å². The first-order valence-corrected chi connectivity index (χ1v) is 15.9. The number of carbonyl (C=O) groups excluding carboxylic acids is 2. The van der Waals surface area contributed by atoms with Crippen LogP contribution in [0.2, 0.25) is 0 Å². The molecule has 0 aliphatic rings. The standard InChI is InChI=1S/C32H41N3O5S/c1-4-22-33-32(37)29(24-26-15-8-6-9-16-26)34(25-27-17-10-7-11-18-27)31(36)21-14-23-35(41(3,38)39)28-19-12-13-20-30(28)40-5-2/h6-13,15-20,29H,4-5,14,21-25H2,1-3H3,(H,33,37). The molecule has 0 fully saturated rings. The molecule has 0 radical (unpaired) electrons. The summed E-state index contributed by atoms with van der Waals surface area (Å²) in [6, 6.07) is 25.5. The number of benzene rings is 3. The van der Waals surface area contributed by atoms with Gasteiger partial charge < -0.3 is 15.0 Å². The Balaban J connectivity index is 1.86. The summed E-state index contributed by atoms with van der Waals surface area (Å²) in [6.07, 6.45) is 2.63. The van der Waals surface area contributed by atoms with Crippen LogP contribution in [0.15, 0.2) is 84.9 Å². The van der Waals surface area contributed by atoms with Crippen molar-refractivity contribution in [2.24, 2.45) is 0 Å². The second-order valence-corrected chi connectivity index (χ2v) is 11.8. The number of nitrogens with zero attached hydrogens (tertiary/aromatic N) is 2. The van der Waals surface area contributed by atoms with Crippen molar-refractivity contribution >= 4 is 27.5 Å². The number of hydrogen-bond donors (Lipinski definition) is 1. The molecule has 0 heterocycles. The molecule has 0 saturated heterocycles. The van der Waals surface area contributed by atoms with E-state index >= 15 is 0 Å². The highest BCUT2D eigenvalue weighted by Gasteiger charge is 2.30. The SMILES string of the molecule is CCCNC(=O)C(Cc1ccccc1)N(Cc1ccccc1)C(=O)CCCN(c1ccccc1OCC)S(C)(=O)=O. The van der Waals surface area contributed by atoms with Gasteiger partial charge in [-0.05, 0) is 43.0 Å². The van der Waals surface area contributed by atoms with Gasteiger partial charge in [-0.15, -0.1) is 0 Å². The van der Waals surface area contributed by atoms with Gasteiger partial charge >= 0.3 is 0 Å². The third-order valence-corrected chi connectivity index (χ3v) is 7.78. The predicted molar refractivity (Wildman–Crippen MR) is 163 cm³/mol. The Morgan fingerprint density at radius 3 is 2.10 bits per heavy atom. The molecule has 3 rings (SSSR count). The number of sulfonamides is 1. The molecule has 2 amide bonds. The van der Waals surface area contributed by atoms with E-state index in [1.165, 1.54) is 4.31 Å². The number of anilines is 1. The molecule has 0 aromatic heterocycles. The van der Waals surface area contributed by atoms with Crippen molar-refractivity contribution in [1.82, 2.24) is 10.2 Å². The van der Waals surface area contributed by atoms with Crippen molar-refractivity contribution in [1.29, 1.82) is 0 Å². The van der Waals surface area contributed by atoms with Gasteiger partial charge in [-0.2, -0.15) is 0 Å². The van der Waals surface area contributed by atoms with Gasteiger partial charge in [0.05, 0.1) is 18.6 Å². The maximum atomic E-state index is 13.8. The molecule has 41 heavy (non-hydrogen) atoms. The fourth-order valence-electron chi connectivity index (χ4n) is 4.62. The topological polar surface area (TPSA) is 96.0 Å². The zero-order valence-corrected chi connectivity index (χ0v) is 25.0. The highest BCUT2D eigenvalue weighted by Crippen LogP contribution is 2.30. The summed E-state index contributed by atoms with van der Waals surface area (Å²) in [4.78, 5) is 28.9. The first-order valence-electron chi connectivity index (χ1n) is 14.1. The Morgan fingerprint density at radius 1 is 0.878 bits per heavy atom. The Hall–Kier alpha value is -3.85. The van der Waals surface area contributed by atoms with E-state index < -0.39 is 16.1 Å². The predicted octanol–water partition coefficient (Wildman–Crippen LogP) is 4.80. The van der Waals surface area contributed by atoms with Gasteiger partial charge in [0.25, 0.3) is 0 Å². The van der Waals surface area contributed by atoms with Crippen LogP contribution in [0, 0.1) is 0 Å². The number of ether oxygens (including phenoxy) is 1. The molecule has 1 atom stereocenters. The lowest BCUT2D eigenvalue weighted by molar-refractivity contribution is -0.141. The number of para-hydroxylation sites is 2. The summed E-state index contributed by atoms with van der Waals surface area (Å²) < 4.78 is 32.5. The van der Waals surface area contributed by atoms with E-state index in [0.717, 1.165) is 23.8 Å². The summed E-state index contributed by atoms with van der Waals surface area (Å²) >= 11 is 0. The van der Waals surface area contributed by atoms with E-state index in [9.17, 15) is 18.0 Å². The van der Waals surface area contributed by atoms with Crippen LogP contribution in [0.1, 0.15) is 44.2 Å². The van der Waals surface area contributed by atoms with E-state index in [0.29, 0.717) is 31.0 Å². The molecule has 1 N–H and O–H groups in total. The summed E-state index contributed by atoms with van der Waals surface area (Å²) in [7, 11) is -3.64. The van der Waals surface area contributed by atoms with Gasteiger partial charge in [-0.1, -0.05) is 79.7 Å². The van der Waals surface area contributed by atoms with Crippen molar-refractivity contribution in [3.05, 3.63) is 96.1 Å². The van der Waals surface area contributed by atoms with Crippen molar-refractivity contribution in [2.75, 3.05) is 30.3 Å². The summed E-state index contributed by atoms with van der Waals surface area (Å²) in [5.41, 5.74) is 2.29. The summed E-state index contributed by atoms with van der Waals surface area (Å²) in [5, 5.41) is 2.97. The smallest absolute Gasteiger partial charge is 0.243 e. The van der Waals surface area contributed by atoms with Crippen molar-refractivity contribution in [3.8, 4) is 5.75 Å². The maximum absolute atomic E-state index is 13.8. The van der Waals surface area contributed by atoms with E-state index in [2.05, 4.69) is 5.32 Å². The quantitative estimate of drug-likeness (QED) is 0.263. The minimum absolute atomic E-state index is 0.0714. The minimum atomic E-state index is -3.64. The highest BCUT2D eigenvalue weighted by molar-refractivity contribution is 7.92. The third kappa shape index (κ3) is 9.63. The molecule has 3 aromatic rings. The van der Waals surface area contributed by atoms with E-state index in [1.54, 1.807) is 29.2 Å². The average Bonchev–Trinajstić information content (AvgIpc) is 2.97. The molecule has 3 aromatic carbocycles. The molecule has 1 unspecified atom stereocenters. The number of nitrogens with one attached hydrogen (secondary N) is 1. The monoisotopic (exact) mass is 579 g/mol. The van der Waals surface area contributed by atoms with E-state index in [4.69, 9.17) is 4.74 Å². The number of hydrogen-bond acceptors (Lipinski definition) is 5. The summed E-state index contributed by atoms with van der Waals surface area (Å²) in [6.45, 7) is 5.09. The highest BCUT2D eigenvalue weighted by atomic mass is 32.2. The fourth-order valence-corrected chi connectivity index (χ4v) is 5.59. The van der Waals surface area contributed by atoms with Crippen molar-refractivity contribution in [2.45, 2.75) is 52.1 Å². The molecular weight excluding hydrogens is 538 g/mol. The molecule has 0 bridgehead atoms. The molecular formula is C32H41N3O5S. The first-order chi connectivity index (χ1) is 19.7. The second-order valence-electron chi connectivity index (χ2n) is 9.84. The molecule has 0 spiro atoms. The lowest BCUT2D eigenvalue weighted by Gasteiger charge is -2.32. The van der Waals surface area contributed by atoms with Gasteiger partial charge in [0.1, 0.15) is 11.8 Å². The minimum Gasteiger partial charge on any atom is -0.492 e. The number of carbonyl (C=O) groups is 2. The molecule has 0 saturated carbocycles. The zero-order valence-electron chi connectivity index (χ0n) is 24.2. The summed E-state index contributed by atoms with van der Waals surface area (Å²) in [5.74, 6) is 0.0457. The largest absolute Gasteiger partial charge is 0.492 e. The second kappa shape index (κ2) is 15.8. The Morgan fingerprint density at radius 2 is 1.49 bits per heavy atom. The van der Waals surface area contributed by atoms with Gasteiger partial charge in [-0.25, -0.2) is 8.42 Å². The van der Waals surface area contributed by atoms with Crippen LogP contribution in [0.3, 0.4) is 0 Å². The number of amides is 2. The zero-order chi connectivity index (χ0) is 29.7. The van der Waals surface area contributed by atoms with Crippen molar-refractivity contribution in [3.63, 3.8) is 0 Å². The Bertz CT molecular complexity index is 1350. The van der Waals surface area contributed by atoms with Gasteiger partial charge in [0.2, 0.25) is 21.8 Å². The Labute approximate surface area is 244 Å². The third-order valence-electron chi connectivity index (χ3n) is 6.60. The molecule has 0 aliphatic carbocycles. The van der Waals surface area contributed by atoms with Crippen LogP contribution in [-0.4, -0.2) is 57.1 Å². The Kier molecular flexibility index (Phi) is 12.2. The number of rotatable bonds is 16. The molecule has 9 heteroatoms.